The maximum Gasteiger partial charge on any atom is 0.234 e. The molecule has 1 amide bonds. The second-order valence-corrected chi connectivity index (χ2v) is 4.90. The van der Waals surface area contributed by atoms with Crippen molar-refractivity contribution in [2.75, 3.05) is 5.32 Å². The van der Waals surface area contributed by atoms with Gasteiger partial charge in [-0.05, 0) is 31.5 Å². The van der Waals surface area contributed by atoms with E-state index < -0.39 is 5.92 Å². The molecule has 0 aliphatic heterocycles. The molecule has 0 bridgehead atoms. The number of aryl methyl sites for hydroxylation is 1. The molecule has 1 atom stereocenters. The van der Waals surface area contributed by atoms with Crippen molar-refractivity contribution in [1.29, 1.82) is 0 Å². The third kappa shape index (κ3) is 3.28. The number of amides is 1. The van der Waals surface area contributed by atoms with E-state index in [1.54, 1.807) is 6.92 Å². The van der Waals surface area contributed by atoms with Gasteiger partial charge in [0.2, 0.25) is 5.91 Å². The summed E-state index contributed by atoms with van der Waals surface area (Å²) in [6.07, 6.45) is 0. The maximum absolute atomic E-state index is 11.7. The molecule has 86 valence electrons. The molecular formula is C11H13BrN2OS. The monoisotopic (exact) mass is 300 g/mol. The summed E-state index contributed by atoms with van der Waals surface area (Å²) in [4.78, 5) is 11.9. The first-order valence-corrected chi connectivity index (χ1v) is 5.98. The summed E-state index contributed by atoms with van der Waals surface area (Å²) >= 11 is 8.17. The van der Waals surface area contributed by atoms with E-state index in [2.05, 4.69) is 21.2 Å². The zero-order valence-corrected chi connectivity index (χ0v) is 11.5. The van der Waals surface area contributed by atoms with Crippen LogP contribution in [0.3, 0.4) is 0 Å². The summed E-state index contributed by atoms with van der Waals surface area (Å²) in [5.41, 5.74) is 7.24. The van der Waals surface area contributed by atoms with Gasteiger partial charge in [0.05, 0.1) is 10.9 Å². The van der Waals surface area contributed by atoms with Crippen LogP contribution in [0.2, 0.25) is 0 Å². The highest BCUT2D eigenvalue weighted by molar-refractivity contribution is 9.10. The Morgan fingerprint density at radius 2 is 2.19 bits per heavy atom. The van der Waals surface area contributed by atoms with E-state index in [0.717, 1.165) is 15.7 Å². The first-order chi connectivity index (χ1) is 7.41. The van der Waals surface area contributed by atoms with Crippen LogP contribution < -0.4 is 11.1 Å². The van der Waals surface area contributed by atoms with E-state index in [1.807, 2.05) is 25.1 Å². The van der Waals surface area contributed by atoms with Crippen molar-refractivity contribution >= 4 is 44.7 Å². The highest BCUT2D eigenvalue weighted by Gasteiger charge is 2.15. The number of benzene rings is 1. The number of rotatable bonds is 3. The molecule has 1 aromatic carbocycles. The van der Waals surface area contributed by atoms with Crippen molar-refractivity contribution in [3.63, 3.8) is 0 Å². The lowest BCUT2D eigenvalue weighted by atomic mass is 10.1. The Balaban J connectivity index is 2.77. The van der Waals surface area contributed by atoms with Gasteiger partial charge in [0.15, 0.2) is 0 Å². The molecule has 1 rings (SSSR count). The second-order valence-electron chi connectivity index (χ2n) is 3.58. The minimum Gasteiger partial charge on any atom is -0.393 e. The molecule has 1 unspecified atom stereocenters. The molecule has 1 aromatic rings. The lowest BCUT2D eigenvalue weighted by Gasteiger charge is -2.11. The number of anilines is 1. The third-order valence-electron chi connectivity index (χ3n) is 2.26. The molecular weight excluding hydrogens is 288 g/mol. The Kier molecular flexibility index (Phi) is 4.44. The summed E-state index contributed by atoms with van der Waals surface area (Å²) in [5, 5.41) is 2.75. The zero-order chi connectivity index (χ0) is 12.3. The van der Waals surface area contributed by atoms with Crippen LogP contribution in [0, 0.1) is 12.8 Å². The molecule has 0 saturated heterocycles. The average Bonchev–Trinajstić information content (AvgIpc) is 2.22. The normalized spacial score (nSPS) is 11.9. The molecule has 5 heteroatoms. The zero-order valence-electron chi connectivity index (χ0n) is 9.08. The minimum absolute atomic E-state index is 0.191. The van der Waals surface area contributed by atoms with Gasteiger partial charge >= 0.3 is 0 Å². The second kappa shape index (κ2) is 5.41. The van der Waals surface area contributed by atoms with Crippen LogP contribution in [-0.4, -0.2) is 10.9 Å². The lowest BCUT2D eigenvalue weighted by molar-refractivity contribution is -0.117. The molecule has 3 nitrogen and oxygen atoms in total. The lowest BCUT2D eigenvalue weighted by Crippen LogP contribution is -2.30. The number of nitrogens with one attached hydrogen (secondary N) is 1. The number of nitrogens with two attached hydrogens (primary N) is 1. The highest BCUT2D eigenvalue weighted by atomic mass is 79.9. The summed E-state index contributed by atoms with van der Waals surface area (Å²) in [6, 6.07) is 5.61. The van der Waals surface area contributed by atoms with E-state index in [9.17, 15) is 4.79 Å². The molecule has 0 spiro atoms. The molecule has 0 saturated carbocycles. The van der Waals surface area contributed by atoms with Gasteiger partial charge in [0.1, 0.15) is 0 Å². The van der Waals surface area contributed by atoms with Crippen molar-refractivity contribution < 1.29 is 4.79 Å². The smallest absolute Gasteiger partial charge is 0.234 e. The topological polar surface area (TPSA) is 55.1 Å². The third-order valence-corrected chi connectivity index (χ3v) is 3.47. The Hall–Kier alpha value is -0.940. The van der Waals surface area contributed by atoms with E-state index >= 15 is 0 Å². The predicted octanol–water partition coefficient (Wildman–Crippen LogP) is 2.62. The highest BCUT2D eigenvalue weighted by Crippen LogP contribution is 2.20. The van der Waals surface area contributed by atoms with Crippen molar-refractivity contribution in [3.05, 3.63) is 28.2 Å². The molecule has 0 aromatic heterocycles. The fraction of sp³-hybridized carbons (Fsp3) is 0.273. The molecule has 0 radical (unpaired) electrons. The summed E-state index contributed by atoms with van der Waals surface area (Å²) in [5.74, 6) is -0.654. The Bertz CT molecular complexity index is 434. The Morgan fingerprint density at radius 3 is 2.69 bits per heavy atom. The van der Waals surface area contributed by atoms with Gasteiger partial charge in [-0.2, -0.15) is 0 Å². The van der Waals surface area contributed by atoms with Crippen LogP contribution in [0.4, 0.5) is 5.69 Å². The summed E-state index contributed by atoms with van der Waals surface area (Å²) in [7, 11) is 0. The van der Waals surface area contributed by atoms with Gasteiger partial charge in [-0.3, -0.25) is 4.79 Å². The number of carbonyl (C=O) groups is 1. The van der Waals surface area contributed by atoms with Crippen LogP contribution in [0.5, 0.6) is 0 Å². The summed E-state index contributed by atoms with van der Waals surface area (Å²) < 4.78 is 0.952. The van der Waals surface area contributed by atoms with Gasteiger partial charge < -0.3 is 11.1 Å². The van der Waals surface area contributed by atoms with E-state index in [-0.39, 0.29) is 10.9 Å². The Labute approximate surface area is 109 Å². The molecule has 0 aliphatic carbocycles. The van der Waals surface area contributed by atoms with Gasteiger partial charge in [-0.1, -0.05) is 34.2 Å². The van der Waals surface area contributed by atoms with E-state index in [0.29, 0.717) is 0 Å². The summed E-state index contributed by atoms with van der Waals surface area (Å²) in [6.45, 7) is 3.66. The standard InChI is InChI=1S/C11H13BrN2OS/c1-6-3-4-8(5-9(6)12)14-11(15)7(2)10(13)16/h3-5,7H,1-2H3,(H2,13,16)(H,14,15). The van der Waals surface area contributed by atoms with Crippen molar-refractivity contribution in [1.82, 2.24) is 0 Å². The van der Waals surface area contributed by atoms with Crippen LogP contribution in [0.1, 0.15) is 12.5 Å². The van der Waals surface area contributed by atoms with Gasteiger partial charge in [-0.15, -0.1) is 0 Å². The van der Waals surface area contributed by atoms with Crippen molar-refractivity contribution in [2.24, 2.45) is 11.7 Å². The fourth-order valence-corrected chi connectivity index (χ4v) is 1.54. The number of halogens is 1. The molecule has 0 heterocycles. The number of carbonyl (C=O) groups excluding carboxylic acids is 1. The quantitative estimate of drug-likeness (QED) is 0.844. The molecule has 0 aliphatic rings. The minimum atomic E-state index is -0.463. The van der Waals surface area contributed by atoms with Crippen LogP contribution >= 0.6 is 28.1 Å². The molecule has 16 heavy (non-hydrogen) atoms. The van der Waals surface area contributed by atoms with Gasteiger partial charge in [-0.25, -0.2) is 0 Å². The fourth-order valence-electron chi connectivity index (χ4n) is 1.05. The van der Waals surface area contributed by atoms with Crippen LogP contribution in [-0.2, 0) is 4.79 Å². The largest absolute Gasteiger partial charge is 0.393 e. The number of hydrogen-bond acceptors (Lipinski definition) is 2. The van der Waals surface area contributed by atoms with Crippen LogP contribution in [0.15, 0.2) is 22.7 Å². The first-order valence-electron chi connectivity index (χ1n) is 4.78. The molecule has 0 fully saturated rings. The molecule has 3 N–H and O–H groups in total. The maximum atomic E-state index is 11.7. The number of hydrogen-bond donors (Lipinski definition) is 2. The predicted molar refractivity (Wildman–Crippen MR) is 73.5 cm³/mol. The van der Waals surface area contributed by atoms with E-state index in [4.69, 9.17) is 18.0 Å². The first kappa shape index (κ1) is 13.1. The van der Waals surface area contributed by atoms with Crippen molar-refractivity contribution in [2.45, 2.75) is 13.8 Å². The van der Waals surface area contributed by atoms with Crippen molar-refractivity contribution in [3.8, 4) is 0 Å². The van der Waals surface area contributed by atoms with E-state index in [1.165, 1.54) is 0 Å². The SMILES string of the molecule is Cc1ccc(NC(=O)C(C)C(N)=S)cc1Br. The van der Waals surface area contributed by atoms with Gasteiger partial charge in [0.25, 0.3) is 0 Å². The van der Waals surface area contributed by atoms with Gasteiger partial charge in [0, 0.05) is 10.2 Å². The van der Waals surface area contributed by atoms with Crippen LogP contribution in [0.25, 0.3) is 0 Å². The Morgan fingerprint density at radius 1 is 1.56 bits per heavy atom. The number of thiocarbonyl (C=S) groups is 1. The average molecular weight is 301 g/mol.